The quantitative estimate of drug-likeness (QED) is 0.658. The van der Waals surface area contributed by atoms with Gasteiger partial charge in [0.1, 0.15) is 11.3 Å². The predicted octanol–water partition coefficient (Wildman–Crippen LogP) is 4.09. The van der Waals surface area contributed by atoms with Gasteiger partial charge in [0.05, 0.1) is 10.2 Å². The molecule has 2 nitrogen and oxygen atoms in total. The summed E-state index contributed by atoms with van der Waals surface area (Å²) in [6.45, 7) is 0. The summed E-state index contributed by atoms with van der Waals surface area (Å²) >= 11 is 1.62. The lowest BCUT2D eigenvalue weighted by molar-refractivity contribution is 0.487. The van der Waals surface area contributed by atoms with E-state index in [9.17, 15) is 0 Å². The lowest BCUT2D eigenvalue weighted by Gasteiger charge is -2.05. The topological polar surface area (TPSA) is 22.1 Å². The maximum Gasteiger partial charge on any atom is 0.154 e. The van der Waals surface area contributed by atoms with E-state index in [1.807, 2.05) is 54.0 Å². The third-order valence-electron chi connectivity index (χ3n) is 2.29. The van der Waals surface area contributed by atoms with Gasteiger partial charge in [-0.1, -0.05) is 24.3 Å². The summed E-state index contributed by atoms with van der Waals surface area (Å²) in [4.78, 5) is 4.31. The molecule has 3 aromatic rings. The summed E-state index contributed by atoms with van der Waals surface area (Å²) in [7, 11) is 0. The van der Waals surface area contributed by atoms with E-state index in [-0.39, 0.29) is 0 Å². The number of hydrogen-bond donors (Lipinski definition) is 0. The first-order valence-corrected chi connectivity index (χ1v) is 5.86. The Morgan fingerprint density at radius 2 is 1.81 bits per heavy atom. The van der Waals surface area contributed by atoms with E-state index in [1.165, 1.54) is 0 Å². The highest BCUT2D eigenvalue weighted by Gasteiger charge is 2.04. The van der Waals surface area contributed by atoms with Crippen LogP contribution in [0.15, 0.2) is 54.0 Å². The zero-order chi connectivity index (χ0) is 10.8. The maximum absolute atomic E-state index is 5.79. The number of aromatic nitrogens is 1. The number of nitrogens with zero attached hydrogens (tertiary/aromatic N) is 1. The number of ether oxygens (including phenoxy) is 1. The fourth-order valence-corrected chi connectivity index (χ4v) is 2.25. The first kappa shape index (κ1) is 9.36. The van der Waals surface area contributed by atoms with Crippen molar-refractivity contribution in [2.75, 3.05) is 0 Å². The maximum atomic E-state index is 5.79. The van der Waals surface area contributed by atoms with Crippen LogP contribution in [-0.4, -0.2) is 4.98 Å². The van der Waals surface area contributed by atoms with Gasteiger partial charge in [0.25, 0.3) is 0 Å². The second-order valence-corrected chi connectivity index (χ2v) is 4.26. The molecule has 0 aliphatic carbocycles. The molecule has 0 N–H and O–H groups in total. The Labute approximate surface area is 97.1 Å². The lowest BCUT2D eigenvalue weighted by Crippen LogP contribution is -1.84. The average molecular weight is 227 g/mol. The summed E-state index contributed by atoms with van der Waals surface area (Å²) in [6, 6.07) is 15.7. The largest absolute Gasteiger partial charge is 0.455 e. The average Bonchev–Trinajstić information content (AvgIpc) is 2.80. The van der Waals surface area contributed by atoms with E-state index in [1.54, 1.807) is 11.3 Å². The van der Waals surface area contributed by atoms with Crippen molar-refractivity contribution in [2.24, 2.45) is 0 Å². The van der Waals surface area contributed by atoms with Crippen LogP contribution in [-0.2, 0) is 0 Å². The number of rotatable bonds is 2. The van der Waals surface area contributed by atoms with Crippen LogP contribution < -0.4 is 4.74 Å². The molecule has 0 saturated heterocycles. The Bertz CT molecular complexity index is 603. The summed E-state index contributed by atoms with van der Waals surface area (Å²) < 4.78 is 6.94. The Kier molecular flexibility index (Phi) is 2.31. The van der Waals surface area contributed by atoms with Crippen molar-refractivity contribution < 1.29 is 4.74 Å². The highest BCUT2D eigenvalue weighted by molar-refractivity contribution is 7.16. The Hall–Kier alpha value is -1.87. The molecule has 0 unspecified atom stereocenters. The van der Waals surface area contributed by atoms with Crippen LogP contribution in [0.4, 0.5) is 0 Å². The molecule has 0 fully saturated rings. The van der Waals surface area contributed by atoms with Gasteiger partial charge in [-0.3, -0.25) is 0 Å². The van der Waals surface area contributed by atoms with Gasteiger partial charge < -0.3 is 4.74 Å². The third-order valence-corrected chi connectivity index (χ3v) is 3.09. The van der Waals surface area contributed by atoms with E-state index in [2.05, 4.69) is 4.98 Å². The highest BCUT2D eigenvalue weighted by Crippen LogP contribution is 2.30. The number of hydrogen-bond acceptors (Lipinski definition) is 3. The molecular formula is C13H9NOS. The zero-order valence-corrected chi connectivity index (χ0v) is 9.28. The summed E-state index contributed by atoms with van der Waals surface area (Å²) in [5.74, 6) is 1.65. The standard InChI is InChI=1S/C13H9NOS/c1-2-5-10(6-3-1)15-11-7-4-8-12-13(11)14-9-16-12/h1-9H. The van der Waals surface area contributed by atoms with Crippen LogP contribution in [0.5, 0.6) is 11.5 Å². The van der Waals surface area contributed by atoms with Crippen molar-refractivity contribution in [1.82, 2.24) is 4.98 Å². The van der Waals surface area contributed by atoms with Gasteiger partial charge in [0, 0.05) is 0 Å². The van der Waals surface area contributed by atoms with Crippen LogP contribution in [0.1, 0.15) is 0 Å². The van der Waals surface area contributed by atoms with Gasteiger partial charge >= 0.3 is 0 Å². The van der Waals surface area contributed by atoms with Crippen LogP contribution in [0.2, 0.25) is 0 Å². The number of thiazole rings is 1. The van der Waals surface area contributed by atoms with Gasteiger partial charge in [-0.25, -0.2) is 4.98 Å². The fraction of sp³-hybridized carbons (Fsp3) is 0. The first-order chi connectivity index (χ1) is 7.93. The molecule has 0 aliphatic heterocycles. The molecule has 0 atom stereocenters. The molecule has 0 saturated carbocycles. The van der Waals surface area contributed by atoms with Gasteiger partial charge in [-0.15, -0.1) is 11.3 Å². The Morgan fingerprint density at radius 3 is 2.69 bits per heavy atom. The fourth-order valence-electron chi connectivity index (χ4n) is 1.56. The normalized spacial score (nSPS) is 10.5. The lowest BCUT2D eigenvalue weighted by atomic mass is 10.3. The van der Waals surface area contributed by atoms with Crippen LogP contribution in [0, 0.1) is 0 Å². The third kappa shape index (κ3) is 1.66. The second kappa shape index (κ2) is 3.94. The van der Waals surface area contributed by atoms with Crippen molar-refractivity contribution >= 4 is 21.6 Å². The molecule has 3 heteroatoms. The summed E-state index contributed by atoms with van der Waals surface area (Å²) in [5, 5.41) is 0. The smallest absolute Gasteiger partial charge is 0.154 e. The van der Waals surface area contributed by atoms with E-state index in [4.69, 9.17) is 4.74 Å². The first-order valence-electron chi connectivity index (χ1n) is 4.98. The van der Waals surface area contributed by atoms with E-state index in [0.29, 0.717) is 0 Å². The van der Waals surface area contributed by atoms with Gasteiger partial charge in [0.2, 0.25) is 0 Å². The van der Waals surface area contributed by atoms with Crippen molar-refractivity contribution in [2.45, 2.75) is 0 Å². The highest BCUT2D eigenvalue weighted by atomic mass is 32.1. The predicted molar refractivity (Wildman–Crippen MR) is 66.1 cm³/mol. The second-order valence-electron chi connectivity index (χ2n) is 3.37. The Morgan fingerprint density at radius 1 is 0.938 bits per heavy atom. The van der Waals surface area contributed by atoms with Crippen molar-refractivity contribution in [3.05, 3.63) is 54.0 Å². The van der Waals surface area contributed by atoms with Gasteiger partial charge in [0.15, 0.2) is 5.75 Å². The Balaban J connectivity index is 2.04. The molecule has 0 bridgehead atoms. The van der Waals surface area contributed by atoms with Crippen LogP contribution in [0.25, 0.3) is 10.2 Å². The molecule has 3 rings (SSSR count). The number of fused-ring (bicyclic) bond motifs is 1. The molecule has 0 spiro atoms. The van der Waals surface area contributed by atoms with E-state index in [0.717, 1.165) is 21.7 Å². The molecule has 2 aromatic carbocycles. The summed E-state index contributed by atoms with van der Waals surface area (Å²) in [5.41, 5.74) is 2.76. The molecule has 0 amide bonds. The minimum absolute atomic E-state index is 0.810. The molecule has 16 heavy (non-hydrogen) atoms. The van der Waals surface area contributed by atoms with Crippen molar-refractivity contribution in [3.8, 4) is 11.5 Å². The van der Waals surface area contributed by atoms with E-state index < -0.39 is 0 Å². The molecule has 0 aliphatic rings. The van der Waals surface area contributed by atoms with Crippen LogP contribution in [0.3, 0.4) is 0 Å². The van der Waals surface area contributed by atoms with E-state index >= 15 is 0 Å². The van der Waals surface area contributed by atoms with Crippen molar-refractivity contribution in [3.63, 3.8) is 0 Å². The van der Waals surface area contributed by atoms with Crippen molar-refractivity contribution in [1.29, 1.82) is 0 Å². The number of para-hydroxylation sites is 2. The molecule has 1 aromatic heterocycles. The van der Waals surface area contributed by atoms with Gasteiger partial charge in [-0.05, 0) is 24.3 Å². The molecular weight excluding hydrogens is 218 g/mol. The van der Waals surface area contributed by atoms with Crippen LogP contribution >= 0.6 is 11.3 Å². The monoisotopic (exact) mass is 227 g/mol. The minimum Gasteiger partial charge on any atom is -0.455 e. The zero-order valence-electron chi connectivity index (χ0n) is 8.46. The summed E-state index contributed by atoms with van der Waals surface area (Å²) in [6.07, 6.45) is 0. The molecule has 78 valence electrons. The number of benzene rings is 2. The minimum atomic E-state index is 0.810. The molecule has 1 heterocycles. The SMILES string of the molecule is c1ccc(Oc2cccc3scnc23)cc1. The van der Waals surface area contributed by atoms with Gasteiger partial charge in [-0.2, -0.15) is 0 Å². The molecule has 0 radical (unpaired) electrons.